The van der Waals surface area contributed by atoms with Crippen LogP contribution in [0.5, 0.6) is 0 Å². The van der Waals surface area contributed by atoms with E-state index in [1.165, 1.54) is 51.9 Å². The molecule has 12 nitrogen and oxygen atoms in total. The quantitative estimate of drug-likeness (QED) is 0.0528. The van der Waals surface area contributed by atoms with Crippen LogP contribution in [0.1, 0.15) is 124 Å². The van der Waals surface area contributed by atoms with Gasteiger partial charge in [-0.3, -0.25) is 14.4 Å². The van der Waals surface area contributed by atoms with Crippen molar-refractivity contribution < 1.29 is 44.0 Å². The molecule has 0 saturated heterocycles. The van der Waals surface area contributed by atoms with E-state index in [1.54, 1.807) is 20.8 Å². The van der Waals surface area contributed by atoms with Crippen LogP contribution in [-0.2, 0) is 35.3 Å². The molecule has 2 amide bonds. The van der Waals surface area contributed by atoms with Crippen molar-refractivity contribution in [2.45, 2.75) is 161 Å². The normalized spacial score (nSPS) is 15.7. The first kappa shape index (κ1) is 45.0. The first-order valence-electron chi connectivity index (χ1n) is 18.5. The van der Waals surface area contributed by atoms with Crippen molar-refractivity contribution >= 4 is 23.8 Å². The number of aliphatic hydroxyl groups is 2. The third-order valence-corrected chi connectivity index (χ3v) is 9.02. The van der Waals surface area contributed by atoms with Crippen LogP contribution in [0.15, 0.2) is 30.3 Å². The second kappa shape index (κ2) is 25.8. The van der Waals surface area contributed by atoms with Crippen molar-refractivity contribution in [3.63, 3.8) is 0 Å². The van der Waals surface area contributed by atoms with E-state index < -0.39 is 72.5 Å². The molecule has 0 fully saturated rings. The van der Waals surface area contributed by atoms with Crippen molar-refractivity contribution in [3.05, 3.63) is 35.9 Å². The van der Waals surface area contributed by atoms with Crippen molar-refractivity contribution in [1.29, 1.82) is 0 Å². The third-order valence-electron chi connectivity index (χ3n) is 9.02. The Labute approximate surface area is 299 Å². The number of carbonyl (C=O) groups excluding carboxylic acids is 3. The Morgan fingerprint density at radius 3 is 1.88 bits per heavy atom. The number of rotatable bonds is 28. The second-order valence-corrected chi connectivity index (χ2v) is 13.9. The Bertz CT molecular complexity index is 1100. The zero-order valence-corrected chi connectivity index (χ0v) is 31.0. The number of nitrogens with one attached hydrogen (secondary N) is 2. The topological polar surface area (TPSA) is 198 Å². The number of ether oxygens (including phenoxy) is 2. The van der Waals surface area contributed by atoms with Gasteiger partial charge in [0.1, 0.15) is 12.1 Å². The molecule has 0 radical (unpaired) electrons. The zero-order chi connectivity index (χ0) is 37.5. The van der Waals surface area contributed by atoms with E-state index in [-0.39, 0.29) is 19.1 Å². The molecule has 12 heteroatoms. The van der Waals surface area contributed by atoms with Gasteiger partial charge in [0.2, 0.25) is 11.8 Å². The van der Waals surface area contributed by atoms with Gasteiger partial charge in [-0.2, -0.15) is 0 Å². The highest BCUT2D eigenvalue weighted by Crippen LogP contribution is 2.22. The number of unbranched alkanes of at least 4 members (excludes halogenated alkanes) is 10. The van der Waals surface area contributed by atoms with Gasteiger partial charge in [0.05, 0.1) is 37.9 Å². The molecule has 0 aliphatic rings. The number of benzene rings is 1. The van der Waals surface area contributed by atoms with Crippen molar-refractivity contribution in [2.24, 2.45) is 17.6 Å². The summed E-state index contributed by atoms with van der Waals surface area (Å²) < 4.78 is 11.7. The van der Waals surface area contributed by atoms with E-state index in [1.807, 2.05) is 30.3 Å². The summed E-state index contributed by atoms with van der Waals surface area (Å²) in [4.78, 5) is 51.1. The highest BCUT2D eigenvalue weighted by atomic mass is 16.6. The molecule has 1 aromatic rings. The predicted molar refractivity (Wildman–Crippen MR) is 193 cm³/mol. The highest BCUT2D eigenvalue weighted by Gasteiger charge is 2.35. The van der Waals surface area contributed by atoms with Crippen molar-refractivity contribution in [2.75, 3.05) is 6.61 Å². The summed E-state index contributed by atoms with van der Waals surface area (Å²) in [6.07, 6.45) is 8.89. The highest BCUT2D eigenvalue weighted by molar-refractivity contribution is 5.92. The van der Waals surface area contributed by atoms with Gasteiger partial charge in [-0.15, -0.1) is 0 Å². The number of hydrogen-bond donors (Lipinski definition) is 6. The molecule has 0 spiro atoms. The number of aliphatic hydroxyl groups excluding tert-OH is 2. The number of carbonyl (C=O) groups is 4. The Balaban J connectivity index is 3.03. The molecule has 7 N–H and O–H groups in total. The number of nitrogens with two attached hydrogens (primary N) is 1. The Morgan fingerprint density at radius 2 is 1.36 bits per heavy atom. The minimum absolute atomic E-state index is 0.135. The lowest BCUT2D eigenvalue weighted by molar-refractivity contribution is -0.161. The number of hydrogen-bond acceptors (Lipinski definition) is 9. The Kier molecular flexibility index (Phi) is 23.2. The van der Waals surface area contributed by atoms with Crippen LogP contribution in [0.25, 0.3) is 0 Å². The first-order valence-corrected chi connectivity index (χ1v) is 18.5. The van der Waals surface area contributed by atoms with E-state index in [9.17, 15) is 34.5 Å². The summed E-state index contributed by atoms with van der Waals surface area (Å²) in [6.45, 7) is 8.53. The maximum atomic E-state index is 13.7. The average molecular weight is 708 g/mol. The summed E-state index contributed by atoms with van der Waals surface area (Å²) in [5.74, 6) is -4.42. The molecular formula is C38H65N3O9. The Hall–Kier alpha value is -3.06. The number of amides is 2. The van der Waals surface area contributed by atoms with Gasteiger partial charge in [0.15, 0.2) is 6.04 Å². The maximum Gasteiger partial charge on any atom is 0.331 e. The van der Waals surface area contributed by atoms with Gasteiger partial charge >= 0.3 is 11.9 Å². The second-order valence-electron chi connectivity index (χ2n) is 13.9. The van der Waals surface area contributed by atoms with Crippen LogP contribution >= 0.6 is 0 Å². The summed E-state index contributed by atoms with van der Waals surface area (Å²) >= 11 is 0. The smallest absolute Gasteiger partial charge is 0.331 e. The molecule has 0 saturated carbocycles. The summed E-state index contributed by atoms with van der Waals surface area (Å²) in [5.41, 5.74) is 6.78. The fourth-order valence-electron chi connectivity index (χ4n) is 5.54. The van der Waals surface area contributed by atoms with Crippen LogP contribution in [-0.4, -0.2) is 82.1 Å². The summed E-state index contributed by atoms with van der Waals surface area (Å²) in [7, 11) is 0. The molecular weight excluding hydrogens is 642 g/mol. The van der Waals surface area contributed by atoms with Gasteiger partial charge in [0, 0.05) is 5.92 Å². The SMILES string of the molecule is CCCCCCCCCCCCC[C@@H](OC(=O)[C@H](COCc1ccccc1)NC(=O)[C@@H](NC(=O)[C@@H](N)C(C)C)[C@@H](C)O)[C@H](C)[C@@H](O)CC(=O)O. The van der Waals surface area contributed by atoms with Gasteiger partial charge in [-0.05, 0) is 31.2 Å². The lowest BCUT2D eigenvalue weighted by Gasteiger charge is -2.30. The maximum absolute atomic E-state index is 13.7. The van der Waals surface area contributed by atoms with Crippen LogP contribution in [0, 0.1) is 11.8 Å². The van der Waals surface area contributed by atoms with E-state index >= 15 is 0 Å². The minimum Gasteiger partial charge on any atom is -0.481 e. The molecule has 0 aliphatic heterocycles. The van der Waals surface area contributed by atoms with Gasteiger partial charge in [-0.1, -0.05) is 122 Å². The monoisotopic (exact) mass is 707 g/mol. The molecule has 1 rings (SSSR count). The summed E-state index contributed by atoms with van der Waals surface area (Å²) in [6, 6.07) is 5.55. The van der Waals surface area contributed by atoms with E-state index in [0.717, 1.165) is 24.8 Å². The molecule has 0 unspecified atom stereocenters. The van der Waals surface area contributed by atoms with Gasteiger partial charge in [0.25, 0.3) is 0 Å². The van der Waals surface area contributed by atoms with Gasteiger partial charge < -0.3 is 41.2 Å². The average Bonchev–Trinajstić information content (AvgIpc) is 3.07. The van der Waals surface area contributed by atoms with E-state index in [0.29, 0.717) is 12.8 Å². The largest absolute Gasteiger partial charge is 0.481 e. The first-order chi connectivity index (χ1) is 23.8. The molecule has 0 heterocycles. The van der Waals surface area contributed by atoms with Gasteiger partial charge in [-0.25, -0.2) is 4.79 Å². The van der Waals surface area contributed by atoms with Crippen molar-refractivity contribution in [3.8, 4) is 0 Å². The number of carboxylic acid groups (broad SMARTS) is 1. The fourth-order valence-corrected chi connectivity index (χ4v) is 5.54. The van der Waals surface area contributed by atoms with E-state index in [4.69, 9.17) is 15.2 Å². The van der Waals surface area contributed by atoms with Crippen LogP contribution in [0.3, 0.4) is 0 Å². The van der Waals surface area contributed by atoms with Crippen LogP contribution < -0.4 is 16.4 Å². The lowest BCUT2D eigenvalue weighted by atomic mass is 9.91. The molecule has 286 valence electrons. The molecule has 1 aromatic carbocycles. The number of aliphatic carboxylic acids is 1. The fraction of sp³-hybridized carbons (Fsp3) is 0.737. The minimum atomic E-state index is -1.42. The standard InChI is InChI=1S/C38H65N3O9/c1-6-7-8-9-10-11-12-13-14-15-19-22-32(27(4)31(43)23-33(44)45)50-38(48)30(25-49-24-29-20-17-16-18-21-29)40-37(47)35(28(5)42)41-36(46)34(39)26(2)3/h16-18,20-21,26-28,30-32,34-35,42-43H,6-15,19,22-25,39H2,1-5H3,(H,40,47)(H,41,46)(H,44,45)/t27-,28-,30+,31+,32-,34+,35+/m1/s1. The number of esters is 1. The Morgan fingerprint density at radius 1 is 0.800 bits per heavy atom. The molecule has 0 aliphatic carbocycles. The predicted octanol–water partition coefficient (Wildman–Crippen LogP) is 4.62. The third kappa shape index (κ3) is 18.8. The summed E-state index contributed by atoms with van der Waals surface area (Å²) in [5, 5.41) is 35.4. The van der Waals surface area contributed by atoms with Crippen molar-refractivity contribution in [1.82, 2.24) is 10.6 Å². The molecule has 0 bridgehead atoms. The lowest BCUT2D eigenvalue weighted by Crippen LogP contribution is -2.59. The van der Waals surface area contributed by atoms with E-state index in [2.05, 4.69) is 17.6 Å². The molecule has 0 aromatic heterocycles. The zero-order valence-electron chi connectivity index (χ0n) is 31.0. The molecule has 7 atom stereocenters. The van der Waals surface area contributed by atoms with Crippen LogP contribution in [0.2, 0.25) is 0 Å². The number of carboxylic acids is 1. The molecule has 50 heavy (non-hydrogen) atoms. The van der Waals surface area contributed by atoms with Crippen LogP contribution in [0.4, 0.5) is 0 Å².